The van der Waals surface area contributed by atoms with Gasteiger partial charge in [-0.1, -0.05) is 30.3 Å². The first kappa shape index (κ1) is 17.6. The second-order valence-electron chi connectivity index (χ2n) is 5.88. The summed E-state index contributed by atoms with van der Waals surface area (Å²) in [5.41, 5.74) is 3.84. The van der Waals surface area contributed by atoms with Gasteiger partial charge in [0.2, 0.25) is 0 Å². The molecule has 0 radical (unpaired) electrons. The van der Waals surface area contributed by atoms with Gasteiger partial charge in [-0.3, -0.25) is 4.79 Å². The molecule has 132 valence electrons. The van der Waals surface area contributed by atoms with Gasteiger partial charge in [-0.15, -0.1) is 5.10 Å². The molecule has 1 aromatic heterocycles. The fourth-order valence-electron chi connectivity index (χ4n) is 2.51. The van der Waals surface area contributed by atoms with Gasteiger partial charge >= 0.3 is 0 Å². The molecule has 26 heavy (non-hydrogen) atoms. The number of hydrogen-bond donors (Lipinski definition) is 3. The number of aliphatic hydroxyl groups excluding tert-OH is 1. The first-order valence-corrected chi connectivity index (χ1v) is 8.29. The first-order chi connectivity index (χ1) is 12.7. The second-order valence-corrected chi connectivity index (χ2v) is 5.88. The minimum absolute atomic E-state index is 0.0525. The highest BCUT2D eigenvalue weighted by Gasteiger charge is 2.08. The van der Waals surface area contributed by atoms with Crippen molar-refractivity contribution in [3.63, 3.8) is 0 Å². The third-order valence-electron chi connectivity index (χ3n) is 3.92. The molecule has 6 heteroatoms. The standard InChI is InChI=1S/C20H20N4O2/c1-14-9-10-19(24-23-14)22-18-8-4-7-15(11-18)20(26)21-12-16-5-2-3-6-17(16)13-25/h2-11,25H,12-13H2,1H3,(H,21,26)(H,22,24). The van der Waals surface area contributed by atoms with E-state index in [0.717, 1.165) is 22.5 Å². The number of hydrogen-bond acceptors (Lipinski definition) is 5. The lowest BCUT2D eigenvalue weighted by molar-refractivity contribution is 0.0950. The van der Waals surface area contributed by atoms with Crippen LogP contribution in [0.5, 0.6) is 0 Å². The number of nitrogens with one attached hydrogen (secondary N) is 2. The van der Waals surface area contributed by atoms with Gasteiger partial charge in [0.15, 0.2) is 5.82 Å². The van der Waals surface area contributed by atoms with E-state index >= 15 is 0 Å². The minimum Gasteiger partial charge on any atom is -0.392 e. The molecular formula is C20H20N4O2. The minimum atomic E-state index is -0.184. The molecule has 0 atom stereocenters. The van der Waals surface area contributed by atoms with Gasteiger partial charge < -0.3 is 15.7 Å². The second kappa shape index (κ2) is 8.22. The molecule has 3 rings (SSSR count). The van der Waals surface area contributed by atoms with Gasteiger partial charge in [-0.2, -0.15) is 5.10 Å². The molecule has 3 aromatic rings. The van der Waals surface area contributed by atoms with Crippen LogP contribution in [0.3, 0.4) is 0 Å². The molecule has 6 nitrogen and oxygen atoms in total. The Bertz CT molecular complexity index is 894. The van der Waals surface area contributed by atoms with Crippen LogP contribution in [-0.2, 0) is 13.2 Å². The zero-order chi connectivity index (χ0) is 18.4. The van der Waals surface area contributed by atoms with Crippen molar-refractivity contribution < 1.29 is 9.90 Å². The van der Waals surface area contributed by atoms with E-state index in [1.54, 1.807) is 18.2 Å². The Balaban J connectivity index is 1.67. The molecule has 0 unspecified atom stereocenters. The molecule has 0 aliphatic carbocycles. The van der Waals surface area contributed by atoms with Crippen molar-refractivity contribution in [1.29, 1.82) is 0 Å². The Morgan fingerprint density at radius 3 is 2.54 bits per heavy atom. The zero-order valence-corrected chi connectivity index (χ0v) is 14.4. The molecule has 0 saturated heterocycles. The van der Waals surface area contributed by atoms with E-state index in [2.05, 4.69) is 20.8 Å². The molecule has 0 saturated carbocycles. The normalized spacial score (nSPS) is 10.4. The number of aromatic nitrogens is 2. The highest BCUT2D eigenvalue weighted by atomic mass is 16.3. The lowest BCUT2D eigenvalue weighted by Gasteiger charge is -2.10. The first-order valence-electron chi connectivity index (χ1n) is 8.29. The fraction of sp³-hybridized carbons (Fsp3) is 0.150. The van der Waals surface area contributed by atoms with Crippen molar-refractivity contribution in [3.05, 3.63) is 83.0 Å². The summed E-state index contributed by atoms with van der Waals surface area (Å²) in [6, 6.07) is 18.3. The van der Waals surface area contributed by atoms with E-state index in [0.29, 0.717) is 17.9 Å². The summed E-state index contributed by atoms with van der Waals surface area (Å²) in [6.45, 7) is 2.18. The van der Waals surface area contributed by atoms with Crippen LogP contribution in [0.15, 0.2) is 60.7 Å². The number of anilines is 2. The van der Waals surface area contributed by atoms with Gasteiger partial charge in [0.1, 0.15) is 0 Å². The number of aliphatic hydroxyl groups is 1. The summed E-state index contributed by atoms with van der Waals surface area (Å²) in [5.74, 6) is 0.432. The molecular weight excluding hydrogens is 328 g/mol. The molecule has 1 amide bonds. The van der Waals surface area contributed by atoms with E-state index < -0.39 is 0 Å². The topological polar surface area (TPSA) is 87.1 Å². The summed E-state index contributed by atoms with van der Waals surface area (Å²) in [6.07, 6.45) is 0. The third kappa shape index (κ3) is 4.43. The maximum absolute atomic E-state index is 12.4. The van der Waals surface area contributed by atoms with Crippen LogP contribution in [0.25, 0.3) is 0 Å². The summed E-state index contributed by atoms with van der Waals surface area (Å²) >= 11 is 0. The number of aryl methyl sites for hydroxylation is 1. The van der Waals surface area contributed by atoms with Crippen LogP contribution < -0.4 is 10.6 Å². The Morgan fingerprint density at radius 1 is 1.00 bits per heavy atom. The summed E-state index contributed by atoms with van der Waals surface area (Å²) < 4.78 is 0. The quantitative estimate of drug-likeness (QED) is 0.637. The van der Waals surface area contributed by atoms with E-state index in [1.165, 1.54) is 0 Å². The molecule has 0 spiro atoms. The monoisotopic (exact) mass is 348 g/mol. The summed E-state index contributed by atoms with van der Waals surface area (Å²) in [7, 11) is 0. The van der Waals surface area contributed by atoms with Gasteiger partial charge in [0, 0.05) is 17.8 Å². The maximum Gasteiger partial charge on any atom is 0.251 e. The number of nitrogens with zero attached hydrogens (tertiary/aromatic N) is 2. The van der Waals surface area contributed by atoms with Crippen molar-refractivity contribution in [2.24, 2.45) is 0 Å². The Kier molecular flexibility index (Phi) is 5.56. The van der Waals surface area contributed by atoms with Crippen molar-refractivity contribution in [3.8, 4) is 0 Å². The van der Waals surface area contributed by atoms with E-state index in [-0.39, 0.29) is 12.5 Å². The number of carbonyl (C=O) groups is 1. The number of rotatable bonds is 6. The van der Waals surface area contributed by atoms with Crippen LogP contribution >= 0.6 is 0 Å². The number of benzene rings is 2. The van der Waals surface area contributed by atoms with Crippen LogP contribution in [0, 0.1) is 6.92 Å². The van der Waals surface area contributed by atoms with Crippen molar-refractivity contribution in [2.75, 3.05) is 5.32 Å². The molecule has 0 aliphatic rings. The Hall–Kier alpha value is -3.25. The molecule has 3 N–H and O–H groups in total. The zero-order valence-electron chi connectivity index (χ0n) is 14.4. The Morgan fingerprint density at radius 2 is 1.81 bits per heavy atom. The molecule has 2 aromatic carbocycles. The number of carbonyl (C=O) groups excluding carboxylic acids is 1. The van der Waals surface area contributed by atoms with Gasteiger partial charge in [-0.25, -0.2) is 0 Å². The average Bonchev–Trinajstić information content (AvgIpc) is 2.68. The molecule has 0 aliphatic heterocycles. The maximum atomic E-state index is 12.4. The van der Waals surface area contributed by atoms with Crippen molar-refractivity contribution in [2.45, 2.75) is 20.1 Å². The summed E-state index contributed by atoms with van der Waals surface area (Å²) in [5, 5.41) is 23.4. The van der Waals surface area contributed by atoms with E-state index in [9.17, 15) is 9.90 Å². The van der Waals surface area contributed by atoms with Gasteiger partial charge in [0.05, 0.1) is 12.3 Å². The SMILES string of the molecule is Cc1ccc(Nc2cccc(C(=O)NCc3ccccc3CO)c2)nn1. The van der Waals surface area contributed by atoms with E-state index in [4.69, 9.17) is 0 Å². The van der Waals surface area contributed by atoms with E-state index in [1.807, 2.05) is 49.4 Å². The average molecular weight is 348 g/mol. The number of amides is 1. The predicted molar refractivity (Wildman–Crippen MR) is 100 cm³/mol. The smallest absolute Gasteiger partial charge is 0.251 e. The van der Waals surface area contributed by atoms with Crippen LogP contribution in [-0.4, -0.2) is 21.2 Å². The van der Waals surface area contributed by atoms with Gasteiger partial charge in [0.25, 0.3) is 5.91 Å². The highest BCUT2D eigenvalue weighted by molar-refractivity contribution is 5.95. The van der Waals surface area contributed by atoms with Crippen LogP contribution in [0.2, 0.25) is 0 Å². The van der Waals surface area contributed by atoms with Crippen molar-refractivity contribution in [1.82, 2.24) is 15.5 Å². The van der Waals surface area contributed by atoms with Crippen LogP contribution in [0.1, 0.15) is 27.2 Å². The lowest BCUT2D eigenvalue weighted by atomic mass is 10.1. The highest BCUT2D eigenvalue weighted by Crippen LogP contribution is 2.16. The van der Waals surface area contributed by atoms with Gasteiger partial charge in [-0.05, 0) is 48.4 Å². The van der Waals surface area contributed by atoms with Crippen molar-refractivity contribution >= 4 is 17.4 Å². The molecule has 0 fully saturated rings. The Labute approximate surface area is 151 Å². The fourth-order valence-corrected chi connectivity index (χ4v) is 2.51. The third-order valence-corrected chi connectivity index (χ3v) is 3.92. The largest absolute Gasteiger partial charge is 0.392 e. The molecule has 0 bridgehead atoms. The molecule has 1 heterocycles. The predicted octanol–water partition coefficient (Wildman–Crippen LogP) is 2.95. The van der Waals surface area contributed by atoms with Crippen LogP contribution in [0.4, 0.5) is 11.5 Å². The summed E-state index contributed by atoms with van der Waals surface area (Å²) in [4.78, 5) is 12.4. The lowest BCUT2D eigenvalue weighted by Crippen LogP contribution is -2.23.